The van der Waals surface area contributed by atoms with Gasteiger partial charge in [-0.25, -0.2) is 8.42 Å². The number of hydrogen-bond donors (Lipinski definition) is 2. The zero-order valence-electron chi connectivity index (χ0n) is 9.70. The maximum Gasteiger partial charge on any atom is 0.240 e. The first-order valence-electron chi connectivity index (χ1n) is 4.86. The Morgan fingerprint density at radius 3 is 2.33 bits per heavy atom. The molecule has 15 heavy (non-hydrogen) atoms. The highest BCUT2D eigenvalue weighted by Gasteiger charge is 2.27. The molecular weight excluding hydrogens is 216 g/mol. The SMILES string of the molecule is CCC(C)(N)C(=O)NC(C)CS(C)(=O)=O. The Balaban J connectivity index is 4.32. The van der Waals surface area contributed by atoms with E-state index in [4.69, 9.17) is 5.73 Å². The molecule has 0 saturated heterocycles. The van der Waals surface area contributed by atoms with Crippen molar-refractivity contribution in [2.75, 3.05) is 12.0 Å². The van der Waals surface area contributed by atoms with Crippen molar-refractivity contribution in [1.82, 2.24) is 5.32 Å². The summed E-state index contributed by atoms with van der Waals surface area (Å²) in [7, 11) is -3.08. The normalized spacial score (nSPS) is 17.9. The van der Waals surface area contributed by atoms with Gasteiger partial charge >= 0.3 is 0 Å². The van der Waals surface area contributed by atoms with E-state index in [0.29, 0.717) is 6.42 Å². The summed E-state index contributed by atoms with van der Waals surface area (Å²) in [6.45, 7) is 5.07. The van der Waals surface area contributed by atoms with Gasteiger partial charge in [-0.2, -0.15) is 0 Å². The molecule has 0 aromatic rings. The van der Waals surface area contributed by atoms with Crippen LogP contribution in [0.25, 0.3) is 0 Å². The number of hydrogen-bond acceptors (Lipinski definition) is 4. The molecule has 0 saturated carbocycles. The standard InChI is InChI=1S/C9H20N2O3S/c1-5-9(3,10)8(12)11-7(2)6-15(4,13)14/h7H,5-6,10H2,1-4H3,(H,11,12). The lowest BCUT2D eigenvalue weighted by Gasteiger charge is -2.24. The molecular formula is C9H20N2O3S. The molecule has 5 nitrogen and oxygen atoms in total. The minimum Gasteiger partial charge on any atom is -0.351 e. The molecule has 0 aliphatic heterocycles. The van der Waals surface area contributed by atoms with Crippen LogP contribution < -0.4 is 11.1 Å². The van der Waals surface area contributed by atoms with Gasteiger partial charge in [0.1, 0.15) is 9.84 Å². The lowest BCUT2D eigenvalue weighted by atomic mass is 9.99. The molecule has 0 rings (SSSR count). The van der Waals surface area contributed by atoms with Crippen molar-refractivity contribution in [3.63, 3.8) is 0 Å². The molecule has 0 spiro atoms. The number of rotatable bonds is 5. The van der Waals surface area contributed by atoms with Crippen LogP contribution in [0.3, 0.4) is 0 Å². The van der Waals surface area contributed by atoms with E-state index in [1.54, 1.807) is 20.8 Å². The molecule has 0 aromatic heterocycles. The summed E-state index contributed by atoms with van der Waals surface area (Å²) in [5.74, 6) is -0.389. The van der Waals surface area contributed by atoms with Crippen molar-refractivity contribution in [3.8, 4) is 0 Å². The maximum absolute atomic E-state index is 11.6. The van der Waals surface area contributed by atoms with Crippen molar-refractivity contribution in [3.05, 3.63) is 0 Å². The molecule has 2 unspecified atom stereocenters. The Morgan fingerprint density at radius 1 is 1.53 bits per heavy atom. The summed E-state index contributed by atoms with van der Waals surface area (Å²) >= 11 is 0. The zero-order valence-corrected chi connectivity index (χ0v) is 10.5. The van der Waals surface area contributed by atoms with E-state index >= 15 is 0 Å². The Hall–Kier alpha value is -0.620. The fraction of sp³-hybridized carbons (Fsp3) is 0.889. The number of nitrogens with one attached hydrogen (secondary N) is 1. The average Bonchev–Trinajstić information content (AvgIpc) is 2.00. The Labute approximate surface area is 91.3 Å². The topological polar surface area (TPSA) is 89.3 Å². The molecule has 0 aliphatic carbocycles. The second-order valence-corrected chi connectivity index (χ2v) is 6.42. The van der Waals surface area contributed by atoms with Gasteiger partial charge in [0, 0.05) is 12.3 Å². The Bertz CT molecular complexity index is 322. The minimum atomic E-state index is -3.08. The highest BCUT2D eigenvalue weighted by Crippen LogP contribution is 2.05. The van der Waals surface area contributed by atoms with Crippen LogP contribution in [0, 0.1) is 0 Å². The average molecular weight is 236 g/mol. The summed E-state index contributed by atoms with van der Waals surface area (Å²) < 4.78 is 21.9. The first-order valence-corrected chi connectivity index (χ1v) is 6.92. The summed E-state index contributed by atoms with van der Waals surface area (Å²) in [6, 6.07) is -0.415. The molecule has 0 heterocycles. The minimum absolute atomic E-state index is 0.0709. The zero-order chi connectivity index (χ0) is 12.3. The quantitative estimate of drug-likeness (QED) is 0.683. The van der Waals surface area contributed by atoms with Crippen LogP contribution in [0.4, 0.5) is 0 Å². The van der Waals surface area contributed by atoms with Gasteiger partial charge in [0.2, 0.25) is 5.91 Å². The van der Waals surface area contributed by atoms with Gasteiger partial charge in [-0.3, -0.25) is 4.79 Å². The maximum atomic E-state index is 11.6. The van der Waals surface area contributed by atoms with E-state index < -0.39 is 21.4 Å². The van der Waals surface area contributed by atoms with E-state index in [0.717, 1.165) is 6.26 Å². The number of carbonyl (C=O) groups excluding carboxylic acids is 1. The highest BCUT2D eigenvalue weighted by atomic mass is 32.2. The second-order valence-electron chi connectivity index (χ2n) is 4.24. The summed E-state index contributed by atoms with van der Waals surface area (Å²) in [5, 5.41) is 2.58. The van der Waals surface area contributed by atoms with Crippen LogP contribution >= 0.6 is 0 Å². The summed E-state index contributed by atoms with van der Waals surface area (Å²) in [5.41, 5.74) is 4.77. The van der Waals surface area contributed by atoms with Gasteiger partial charge in [0.25, 0.3) is 0 Å². The summed E-state index contributed by atoms with van der Waals surface area (Å²) in [4.78, 5) is 11.6. The van der Waals surface area contributed by atoms with Gasteiger partial charge in [-0.15, -0.1) is 0 Å². The lowest BCUT2D eigenvalue weighted by Crippen LogP contribution is -2.54. The van der Waals surface area contributed by atoms with E-state index in [2.05, 4.69) is 5.32 Å². The molecule has 0 aliphatic rings. The number of carbonyl (C=O) groups is 1. The number of amides is 1. The first kappa shape index (κ1) is 14.4. The summed E-state index contributed by atoms with van der Waals surface area (Å²) in [6.07, 6.45) is 1.64. The van der Waals surface area contributed by atoms with Crippen molar-refractivity contribution in [2.45, 2.75) is 38.8 Å². The molecule has 90 valence electrons. The molecule has 0 radical (unpaired) electrons. The molecule has 0 bridgehead atoms. The van der Waals surface area contributed by atoms with Gasteiger partial charge < -0.3 is 11.1 Å². The fourth-order valence-electron chi connectivity index (χ4n) is 1.05. The molecule has 1 amide bonds. The Kier molecular flexibility index (Phi) is 4.73. The molecule has 0 aromatic carbocycles. The van der Waals surface area contributed by atoms with Crippen LogP contribution in [0.15, 0.2) is 0 Å². The van der Waals surface area contributed by atoms with Crippen LogP contribution in [-0.2, 0) is 14.6 Å². The lowest BCUT2D eigenvalue weighted by molar-refractivity contribution is -0.126. The third kappa shape index (κ3) is 5.74. The third-order valence-corrected chi connectivity index (χ3v) is 3.29. The molecule has 6 heteroatoms. The number of sulfone groups is 1. The predicted molar refractivity (Wildman–Crippen MR) is 60.2 cm³/mol. The first-order chi connectivity index (χ1) is 6.58. The van der Waals surface area contributed by atoms with Gasteiger partial charge in [0.05, 0.1) is 11.3 Å². The Morgan fingerprint density at radius 2 is 2.00 bits per heavy atom. The highest BCUT2D eigenvalue weighted by molar-refractivity contribution is 7.90. The smallest absolute Gasteiger partial charge is 0.240 e. The number of nitrogens with two attached hydrogens (primary N) is 1. The van der Waals surface area contributed by atoms with E-state index in [1.807, 2.05) is 0 Å². The van der Waals surface area contributed by atoms with Crippen molar-refractivity contribution in [1.29, 1.82) is 0 Å². The van der Waals surface area contributed by atoms with Crippen LogP contribution in [0.1, 0.15) is 27.2 Å². The fourth-order valence-corrected chi connectivity index (χ4v) is 2.04. The van der Waals surface area contributed by atoms with E-state index in [-0.39, 0.29) is 11.7 Å². The van der Waals surface area contributed by atoms with Crippen molar-refractivity contribution >= 4 is 15.7 Å². The largest absolute Gasteiger partial charge is 0.351 e. The molecule has 0 fully saturated rings. The predicted octanol–water partition coefficient (Wildman–Crippen LogP) is -0.337. The molecule has 3 N–H and O–H groups in total. The van der Waals surface area contributed by atoms with Crippen LogP contribution in [0.2, 0.25) is 0 Å². The monoisotopic (exact) mass is 236 g/mol. The van der Waals surface area contributed by atoms with Crippen molar-refractivity contribution in [2.24, 2.45) is 5.73 Å². The third-order valence-electron chi connectivity index (χ3n) is 2.18. The van der Waals surface area contributed by atoms with E-state index in [9.17, 15) is 13.2 Å². The van der Waals surface area contributed by atoms with E-state index in [1.165, 1.54) is 0 Å². The van der Waals surface area contributed by atoms with Gasteiger partial charge in [-0.1, -0.05) is 6.92 Å². The second kappa shape index (κ2) is 4.94. The van der Waals surface area contributed by atoms with Gasteiger partial charge in [-0.05, 0) is 20.3 Å². The molecule has 2 atom stereocenters. The van der Waals surface area contributed by atoms with Crippen LogP contribution in [0.5, 0.6) is 0 Å². The van der Waals surface area contributed by atoms with Gasteiger partial charge in [0.15, 0.2) is 0 Å². The van der Waals surface area contributed by atoms with Crippen molar-refractivity contribution < 1.29 is 13.2 Å². The van der Waals surface area contributed by atoms with Crippen LogP contribution in [-0.4, -0.2) is 37.9 Å².